The van der Waals surface area contributed by atoms with E-state index in [2.05, 4.69) is 31.7 Å². The molecule has 5 fully saturated rings. The summed E-state index contributed by atoms with van der Waals surface area (Å²) in [6.45, 7) is 12.0. The lowest BCUT2D eigenvalue weighted by molar-refractivity contribution is -0.200. The van der Waals surface area contributed by atoms with E-state index in [9.17, 15) is 14.4 Å². The Balaban J connectivity index is 1.47. The molecule has 4 heterocycles. The molecule has 7 aliphatic rings. The van der Waals surface area contributed by atoms with Crippen LogP contribution in [0.5, 0.6) is 0 Å². The predicted molar refractivity (Wildman–Crippen MR) is 132 cm³/mol. The van der Waals surface area contributed by atoms with Crippen molar-refractivity contribution >= 4 is 17.5 Å². The van der Waals surface area contributed by atoms with Gasteiger partial charge in [-0.3, -0.25) is 14.4 Å². The first-order valence-electron chi connectivity index (χ1n) is 14.0. The molecule has 2 spiro atoms. The monoisotopic (exact) mass is 493 g/mol. The quantitative estimate of drug-likeness (QED) is 0.465. The first kappa shape index (κ1) is 23.2. The smallest absolute Gasteiger partial charge is 0.306 e. The number of hydrogen-bond acceptors (Lipinski definition) is 6. The molecule has 4 saturated heterocycles. The molecule has 0 aromatic rings. The van der Waals surface area contributed by atoms with Crippen molar-refractivity contribution < 1.29 is 23.9 Å². The molecular formula is C30H39NO5. The van der Waals surface area contributed by atoms with Crippen molar-refractivity contribution in [3.05, 3.63) is 23.4 Å². The summed E-state index contributed by atoms with van der Waals surface area (Å²) in [5.74, 6) is -0.275. The molecule has 6 heteroatoms. The Hall–Kier alpha value is -1.95. The van der Waals surface area contributed by atoms with Gasteiger partial charge in [0, 0.05) is 46.2 Å². The molecule has 3 aliphatic carbocycles. The van der Waals surface area contributed by atoms with Crippen molar-refractivity contribution in [1.82, 2.24) is 4.90 Å². The highest BCUT2D eigenvalue weighted by Gasteiger charge is 2.74. The fraction of sp³-hybridized carbons (Fsp3) is 0.767. The van der Waals surface area contributed by atoms with Crippen LogP contribution in [0.3, 0.4) is 0 Å². The Bertz CT molecular complexity index is 1160. The van der Waals surface area contributed by atoms with Gasteiger partial charge in [-0.15, -0.1) is 0 Å². The van der Waals surface area contributed by atoms with Gasteiger partial charge in [0.25, 0.3) is 0 Å². The third-order valence-corrected chi connectivity index (χ3v) is 11.9. The van der Waals surface area contributed by atoms with E-state index in [1.165, 1.54) is 5.70 Å². The van der Waals surface area contributed by atoms with Gasteiger partial charge >= 0.3 is 5.97 Å². The van der Waals surface area contributed by atoms with Crippen molar-refractivity contribution in [3.8, 4) is 0 Å². The molecule has 6 nitrogen and oxygen atoms in total. The third-order valence-electron chi connectivity index (χ3n) is 11.9. The normalized spacial score (nSPS) is 53.2. The fourth-order valence-electron chi connectivity index (χ4n) is 10.4. The number of allylic oxidation sites excluding steroid dienone is 4. The number of Topliss-reactive ketones (excluding diaryl/α,β-unsaturated/α-hetero) is 1. The van der Waals surface area contributed by atoms with Crippen LogP contribution < -0.4 is 0 Å². The van der Waals surface area contributed by atoms with Gasteiger partial charge in [0.1, 0.15) is 11.5 Å². The van der Waals surface area contributed by atoms with Crippen LogP contribution in [0.1, 0.15) is 73.1 Å². The molecule has 2 bridgehead atoms. The summed E-state index contributed by atoms with van der Waals surface area (Å²) in [4.78, 5) is 43.1. The molecule has 0 amide bonds. The topological polar surface area (TPSA) is 72.9 Å². The summed E-state index contributed by atoms with van der Waals surface area (Å²) < 4.78 is 12.5. The van der Waals surface area contributed by atoms with Gasteiger partial charge in [0.05, 0.1) is 19.1 Å². The van der Waals surface area contributed by atoms with Gasteiger partial charge in [0.15, 0.2) is 5.78 Å². The van der Waals surface area contributed by atoms with Crippen LogP contribution in [0.4, 0.5) is 0 Å². The van der Waals surface area contributed by atoms with Gasteiger partial charge in [-0.25, -0.2) is 0 Å². The maximum absolute atomic E-state index is 14.4. The van der Waals surface area contributed by atoms with Gasteiger partial charge in [-0.1, -0.05) is 39.3 Å². The molecule has 0 aromatic heterocycles. The Morgan fingerprint density at radius 1 is 1.11 bits per heavy atom. The lowest BCUT2D eigenvalue weighted by Crippen LogP contribution is -2.69. The number of hydrogen-bond donors (Lipinski definition) is 0. The van der Waals surface area contributed by atoms with Gasteiger partial charge in [-0.2, -0.15) is 0 Å². The van der Waals surface area contributed by atoms with Crippen LogP contribution >= 0.6 is 0 Å². The molecule has 4 aliphatic heterocycles. The summed E-state index contributed by atoms with van der Waals surface area (Å²) in [7, 11) is 0. The highest BCUT2D eigenvalue weighted by molar-refractivity contribution is 6.00. The van der Waals surface area contributed by atoms with E-state index < -0.39 is 10.8 Å². The highest BCUT2D eigenvalue weighted by atomic mass is 16.5. The van der Waals surface area contributed by atoms with E-state index in [0.29, 0.717) is 12.5 Å². The van der Waals surface area contributed by atoms with Gasteiger partial charge < -0.3 is 14.4 Å². The number of piperidine rings is 1. The molecule has 0 aromatic carbocycles. The van der Waals surface area contributed by atoms with Gasteiger partial charge in [-0.05, 0) is 56.9 Å². The number of esters is 1. The Labute approximate surface area is 213 Å². The van der Waals surface area contributed by atoms with Crippen LogP contribution in [-0.2, 0) is 23.9 Å². The van der Waals surface area contributed by atoms with E-state index in [1.54, 1.807) is 6.08 Å². The highest BCUT2D eigenvalue weighted by Crippen LogP contribution is 2.73. The average molecular weight is 494 g/mol. The standard InChI is InChI=1S/C30H39NO5/c1-16-9-20-24(21(32)10-16)18(3)25(34)26-27(20,4)12-22-28(5,29(26)13-23(33)35-15-29)6-7-30-11-17(2)8-19(36-30)14-31(22)30/h10,12,17-20,24,26H,6-9,11,13-15H2,1-5H3/t17-,18+,19+,20+,24-,26-,27-,28+,29+,30-/m0/s1. The fourth-order valence-corrected chi connectivity index (χ4v) is 10.4. The zero-order chi connectivity index (χ0) is 25.4. The minimum absolute atomic E-state index is 0.0389. The number of carbonyl (C=O) groups is 3. The lowest BCUT2D eigenvalue weighted by atomic mass is 9.37. The number of rotatable bonds is 0. The van der Waals surface area contributed by atoms with Crippen molar-refractivity contribution in [2.45, 2.75) is 85.0 Å². The third kappa shape index (κ3) is 2.55. The number of nitrogens with zero attached hydrogens (tertiary/aromatic N) is 1. The van der Waals surface area contributed by atoms with Crippen molar-refractivity contribution in [2.24, 2.45) is 45.8 Å². The minimum Gasteiger partial charge on any atom is -0.465 e. The second-order valence-electron chi connectivity index (χ2n) is 13.9. The summed E-state index contributed by atoms with van der Waals surface area (Å²) in [5, 5.41) is 0. The first-order chi connectivity index (χ1) is 16.9. The maximum Gasteiger partial charge on any atom is 0.306 e. The summed E-state index contributed by atoms with van der Waals surface area (Å²) in [6, 6.07) is 0. The molecule has 0 unspecified atom stereocenters. The molecule has 10 atom stereocenters. The summed E-state index contributed by atoms with van der Waals surface area (Å²) in [5.41, 5.74) is 0.583. The first-order valence-corrected chi connectivity index (χ1v) is 14.0. The number of fused-ring (bicyclic) bond motifs is 8. The number of cyclic esters (lactones) is 1. The molecule has 194 valence electrons. The predicted octanol–water partition coefficient (Wildman–Crippen LogP) is 4.44. The van der Waals surface area contributed by atoms with Crippen LogP contribution in [-0.4, -0.2) is 47.4 Å². The Morgan fingerprint density at radius 3 is 2.61 bits per heavy atom. The summed E-state index contributed by atoms with van der Waals surface area (Å²) >= 11 is 0. The molecule has 0 radical (unpaired) electrons. The average Bonchev–Trinajstić information content (AvgIpc) is 3.31. The lowest BCUT2D eigenvalue weighted by Gasteiger charge is -2.67. The molecule has 7 rings (SSSR count). The van der Waals surface area contributed by atoms with Gasteiger partial charge in [0.2, 0.25) is 0 Å². The van der Waals surface area contributed by atoms with Crippen molar-refractivity contribution in [3.63, 3.8) is 0 Å². The van der Waals surface area contributed by atoms with Crippen molar-refractivity contribution in [1.29, 1.82) is 0 Å². The number of ketones is 2. The van der Waals surface area contributed by atoms with E-state index in [-0.39, 0.29) is 64.9 Å². The van der Waals surface area contributed by atoms with Crippen molar-refractivity contribution in [2.75, 3.05) is 13.2 Å². The SMILES string of the molecule is CC1=CC(=O)[C@@H]2[C@@H](C1)[C@]1(C)C=C3N4C[C@H]5C[C@H](C)C[C@]4(CC[C@@]3(C)[C@]3(COC(=O)C3)[C@H]1C(=O)[C@@H]2C)O5. The van der Waals surface area contributed by atoms with Crippen LogP contribution in [0.15, 0.2) is 23.4 Å². The Kier molecular flexibility index (Phi) is 4.46. The van der Waals surface area contributed by atoms with Crippen LogP contribution in [0.25, 0.3) is 0 Å². The second kappa shape index (κ2) is 6.92. The maximum atomic E-state index is 14.4. The van der Waals surface area contributed by atoms with E-state index in [4.69, 9.17) is 9.47 Å². The number of carbonyl (C=O) groups excluding carboxylic acids is 3. The molecule has 36 heavy (non-hydrogen) atoms. The zero-order valence-corrected chi connectivity index (χ0v) is 22.3. The zero-order valence-electron chi connectivity index (χ0n) is 22.3. The Morgan fingerprint density at radius 2 is 1.89 bits per heavy atom. The van der Waals surface area contributed by atoms with Crippen LogP contribution in [0, 0.1) is 45.8 Å². The summed E-state index contributed by atoms with van der Waals surface area (Å²) in [6.07, 6.45) is 9.38. The van der Waals surface area contributed by atoms with Crippen LogP contribution in [0.2, 0.25) is 0 Å². The molecule has 1 saturated carbocycles. The molecular weight excluding hydrogens is 454 g/mol. The van der Waals surface area contributed by atoms with E-state index in [1.807, 2.05) is 13.8 Å². The van der Waals surface area contributed by atoms with E-state index in [0.717, 1.165) is 44.2 Å². The minimum atomic E-state index is -0.596. The number of ether oxygens (including phenoxy) is 2. The van der Waals surface area contributed by atoms with E-state index >= 15 is 0 Å². The second-order valence-corrected chi connectivity index (χ2v) is 13.9. The molecule has 0 N–H and O–H groups in total. The largest absolute Gasteiger partial charge is 0.465 e.